The van der Waals surface area contributed by atoms with E-state index in [0.717, 1.165) is 12.8 Å². The van der Waals surface area contributed by atoms with Crippen molar-refractivity contribution >= 4 is 11.7 Å². The van der Waals surface area contributed by atoms with E-state index in [1.165, 1.54) is 76.4 Å². The van der Waals surface area contributed by atoms with Gasteiger partial charge in [0.25, 0.3) is 0 Å². The molecular weight excluding hydrogens is 384 g/mol. The first-order chi connectivity index (χ1) is 14.6. The summed E-state index contributed by atoms with van der Waals surface area (Å²) in [5, 5.41) is 0. The van der Waals surface area contributed by atoms with Gasteiger partial charge < -0.3 is 4.90 Å². The minimum atomic E-state index is -0.0177. The van der Waals surface area contributed by atoms with Gasteiger partial charge in [0.2, 0.25) is 5.91 Å². The Bertz CT molecular complexity index is 623. The van der Waals surface area contributed by atoms with Gasteiger partial charge in [-0.2, -0.15) is 0 Å². The van der Waals surface area contributed by atoms with Crippen LogP contribution in [0.15, 0.2) is 12.2 Å². The molecule has 2 unspecified atom stereocenters. The summed E-state index contributed by atoms with van der Waals surface area (Å²) in [4.78, 5) is 29.2. The topological polar surface area (TPSA) is 40.6 Å². The van der Waals surface area contributed by atoms with Gasteiger partial charge in [-0.15, -0.1) is 0 Å². The Labute approximate surface area is 191 Å². The molecule has 2 aliphatic rings. The number of amides is 1. The van der Waals surface area contributed by atoms with Gasteiger partial charge in [0, 0.05) is 23.2 Å². The number of carbonyl (C=O) groups excluding carboxylic acids is 2. The second-order valence-electron chi connectivity index (χ2n) is 11.1. The lowest BCUT2D eigenvalue weighted by Crippen LogP contribution is -2.68. The third-order valence-corrected chi connectivity index (χ3v) is 8.14. The first-order valence-electron chi connectivity index (χ1n) is 12.9. The lowest BCUT2D eigenvalue weighted by atomic mass is 9.67. The van der Waals surface area contributed by atoms with Gasteiger partial charge in [-0.3, -0.25) is 14.5 Å². The fourth-order valence-corrected chi connectivity index (χ4v) is 5.85. The van der Waals surface area contributed by atoms with E-state index in [1.807, 2.05) is 4.90 Å². The van der Waals surface area contributed by atoms with Gasteiger partial charge in [-0.05, 0) is 59.6 Å². The number of likely N-dealkylation sites (tertiary alicyclic amines) is 1. The summed E-state index contributed by atoms with van der Waals surface area (Å²) in [5.74, 6) is 0.434. The zero-order chi connectivity index (χ0) is 23.1. The maximum absolute atomic E-state index is 12.7. The van der Waals surface area contributed by atoms with Gasteiger partial charge >= 0.3 is 0 Å². The largest absolute Gasteiger partial charge is 0.328 e. The minimum absolute atomic E-state index is 0.00701. The van der Waals surface area contributed by atoms with Crippen molar-refractivity contribution in [3.63, 3.8) is 0 Å². The summed E-state index contributed by atoms with van der Waals surface area (Å²) < 4.78 is 0. The van der Waals surface area contributed by atoms with E-state index < -0.39 is 0 Å². The van der Waals surface area contributed by atoms with Crippen molar-refractivity contribution in [2.45, 2.75) is 129 Å². The summed E-state index contributed by atoms with van der Waals surface area (Å²) in [6, 6.07) is 0.126. The van der Waals surface area contributed by atoms with Crippen LogP contribution in [-0.4, -0.2) is 52.2 Å². The van der Waals surface area contributed by atoms with Crippen LogP contribution in [0.1, 0.15) is 112 Å². The highest BCUT2D eigenvalue weighted by atomic mass is 16.2. The number of unbranched alkanes of at least 4 members (excludes halogenated alkanes) is 9. The number of hydrogen-bond acceptors (Lipinski definition) is 3. The second-order valence-corrected chi connectivity index (χ2v) is 11.1. The molecule has 4 heteroatoms. The summed E-state index contributed by atoms with van der Waals surface area (Å²) in [5.41, 5.74) is -0.0247. The SMILES string of the molecule is CCCCCCCCCCCCC1C(N2CC(=O)C=CC2=O)CC(C)(C)N(C)C1(C)C. The zero-order valence-corrected chi connectivity index (χ0v) is 21.2. The van der Waals surface area contributed by atoms with Crippen molar-refractivity contribution in [3.8, 4) is 0 Å². The highest BCUT2D eigenvalue weighted by Crippen LogP contribution is 2.45. The Kier molecular flexibility index (Phi) is 9.79. The van der Waals surface area contributed by atoms with Crippen molar-refractivity contribution in [1.82, 2.24) is 9.80 Å². The van der Waals surface area contributed by atoms with Crippen LogP contribution in [0.5, 0.6) is 0 Å². The quantitative estimate of drug-likeness (QED) is 0.348. The van der Waals surface area contributed by atoms with Crippen molar-refractivity contribution < 1.29 is 9.59 Å². The van der Waals surface area contributed by atoms with E-state index in [9.17, 15) is 9.59 Å². The standard InChI is InChI=1S/C27H48N2O2/c1-7-8-9-10-11-12-13-14-15-16-17-23-24(29-21-22(30)18-19-25(29)31)20-26(2,3)28(6)27(23,4)5/h18-19,23-24H,7-17,20-21H2,1-6H3. The Hall–Kier alpha value is -1.16. The molecule has 0 radical (unpaired) electrons. The molecule has 0 aromatic heterocycles. The minimum Gasteiger partial charge on any atom is -0.328 e. The van der Waals surface area contributed by atoms with Gasteiger partial charge in [0.05, 0.1) is 6.54 Å². The third kappa shape index (κ3) is 6.91. The van der Waals surface area contributed by atoms with Crippen LogP contribution < -0.4 is 0 Å². The van der Waals surface area contributed by atoms with E-state index in [0.29, 0.717) is 5.92 Å². The number of ketones is 1. The summed E-state index contributed by atoms with van der Waals surface area (Å²) >= 11 is 0. The lowest BCUT2D eigenvalue weighted by molar-refractivity contribution is -0.145. The summed E-state index contributed by atoms with van der Waals surface area (Å²) in [7, 11) is 2.23. The molecule has 0 aromatic carbocycles. The Morgan fingerprint density at radius 3 is 2.00 bits per heavy atom. The molecule has 0 N–H and O–H groups in total. The molecular formula is C27H48N2O2. The van der Waals surface area contributed by atoms with E-state index in [1.54, 1.807) is 0 Å². The normalized spacial score (nSPS) is 25.9. The Balaban J connectivity index is 1.93. The van der Waals surface area contributed by atoms with E-state index in [-0.39, 0.29) is 35.4 Å². The molecule has 1 saturated heterocycles. The number of hydrogen-bond donors (Lipinski definition) is 0. The van der Waals surface area contributed by atoms with E-state index in [4.69, 9.17) is 0 Å². The van der Waals surface area contributed by atoms with Gasteiger partial charge in [-0.25, -0.2) is 0 Å². The first kappa shape index (κ1) is 26.1. The molecule has 2 heterocycles. The fourth-order valence-electron chi connectivity index (χ4n) is 5.85. The molecule has 178 valence electrons. The van der Waals surface area contributed by atoms with Crippen LogP contribution >= 0.6 is 0 Å². The summed E-state index contributed by atoms with van der Waals surface area (Å²) in [6.07, 6.45) is 18.3. The Morgan fingerprint density at radius 1 is 0.871 bits per heavy atom. The predicted molar refractivity (Wildman–Crippen MR) is 130 cm³/mol. The average molecular weight is 433 g/mol. The van der Waals surface area contributed by atoms with Crippen molar-refractivity contribution in [3.05, 3.63) is 12.2 Å². The van der Waals surface area contributed by atoms with Crippen molar-refractivity contribution in [2.24, 2.45) is 5.92 Å². The average Bonchev–Trinajstić information content (AvgIpc) is 2.71. The Morgan fingerprint density at radius 2 is 1.42 bits per heavy atom. The maximum Gasteiger partial charge on any atom is 0.247 e. The van der Waals surface area contributed by atoms with Crippen LogP contribution in [-0.2, 0) is 9.59 Å². The highest BCUT2D eigenvalue weighted by molar-refractivity contribution is 6.04. The number of piperidine rings is 1. The molecule has 2 aliphatic heterocycles. The van der Waals surface area contributed by atoms with Crippen LogP contribution in [0.4, 0.5) is 0 Å². The van der Waals surface area contributed by atoms with Crippen LogP contribution in [0.3, 0.4) is 0 Å². The lowest BCUT2D eigenvalue weighted by Gasteiger charge is -2.60. The molecule has 1 amide bonds. The number of carbonyl (C=O) groups is 2. The monoisotopic (exact) mass is 432 g/mol. The third-order valence-electron chi connectivity index (χ3n) is 8.14. The highest BCUT2D eigenvalue weighted by Gasteiger charge is 2.52. The zero-order valence-electron chi connectivity index (χ0n) is 21.2. The molecule has 2 atom stereocenters. The first-order valence-corrected chi connectivity index (χ1v) is 12.9. The van der Waals surface area contributed by atoms with Crippen LogP contribution in [0, 0.1) is 5.92 Å². The molecule has 2 rings (SSSR count). The molecule has 31 heavy (non-hydrogen) atoms. The fraction of sp³-hybridized carbons (Fsp3) is 0.852. The molecule has 0 spiro atoms. The second kappa shape index (κ2) is 11.6. The van der Waals surface area contributed by atoms with Crippen molar-refractivity contribution in [1.29, 1.82) is 0 Å². The molecule has 0 bridgehead atoms. The summed E-state index contributed by atoms with van der Waals surface area (Å²) in [6.45, 7) is 11.7. The van der Waals surface area contributed by atoms with Crippen LogP contribution in [0.25, 0.3) is 0 Å². The molecule has 0 aromatic rings. The number of nitrogens with zero attached hydrogens (tertiary/aromatic N) is 2. The smallest absolute Gasteiger partial charge is 0.247 e. The molecule has 0 aliphatic carbocycles. The van der Waals surface area contributed by atoms with Gasteiger partial charge in [0.15, 0.2) is 5.78 Å². The number of rotatable bonds is 12. The molecule has 0 saturated carbocycles. The van der Waals surface area contributed by atoms with Crippen LogP contribution in [0.2, 0.25) is 0 Å². The van der Waals surface area contributed by atoms with E-state index in [2.05, 4.69) is 46.6 Å². The predicted octanol–water partition coefficient (Wildman–Crippen LogP) is 6.14. The maximum atomic E-state index is 12.7. The van der Waals surface area contributed by atoms with Gasteiger partial charge in [0.1, 0.15) is 0 Å². The molecule has 1 fully saturated rings. The molecule has 4 nitrogen and oxygen atoms in total. The van der Waals surface area contributed by atoms with Gasteiger partial charge in [-0.1, -0.05) is 71.1 Å². The van der Waals surface area contributed by atoms with E-state index >= 15 is 0 Å². The van der Waals surface area contributed by atoms with Crippen molar-refractivity contribution in [2.75, 3.05) is 13.6 Å².